The van der Waals surface area contributed by atoms with Gasteiger partial charge in [-0.1, -0.05) is 60.5 Å². The number of allylic oxidation sites excluding steroid dienone is 2. The molecule has 10 nitrogen and oxygen atoms in total. The van der Waals surface area contributed by atoms with E-state index >= 15 is 4.39 Å². The second-order valence-electron chi connectivity index (χ2n) is 12.8. The largest absolute Gasteiger partial charge is 0.442 e. The maximum atomic E-state index is 15.1. The first kappa shape index (κ1) is 36.9. The molecule has 0 bridgehead atoms. The molecule has 2 heterocycles. The molecule has 12 heteroatoms. The Bertz CT molecular complexity index is 1600. The number of aliphatic hydroxyl groups is 1. The third-order valence-electron chi connectivity index (χ3n) is 8.96. The molecule has 1 amide bonds. The number of likely N-dealkylation sites (N-methyl/N-ethyl adjacent to an activating group) is 1. The fraction of sp³-hybridized carbons (Fsp3) is 0.472. The molecule has 5 atom stereocenters. The lowest BCUT2D eigenvalue weighted by molar-refractivity contribution is -0.111. The number of piperazine rings is 1. The van der Waals surface area contributed by atoms with E-state index in [1.165, 1.54) is 6.07 Å². The summed E-state index contributed by atoms with van der Waals surface area (Å²) in [5.41, 5.74) is 2.92. The lowest BCUT2D eigenvalue weighted by Gasteiger charge is -2.33. The molecule has 1 N–H and O–H groups in total. The van der Waals surface area contributed by atoms with Crippen molar-refractivity contribution in [1.29, 1.82) is 0 Å². The molecule has 0 aliphatic carbocycles. The molecule has 0 unspecified atom stereocenters. The Labute approximate surface area is 286 Å². The van der Waals surface area contributed by atoms with Gasteiger partial charge >= 0.3 is 6.09 Å². The number of hydrogen-bond donors (Lipinski definition) is 1. The molecule has 2 aromatic carbocycles. The highest BCUT2D eigenvalue weighted by molar-refractivity contribution is 6.30. The molecule has 1 aliphatic heterocycles. The Morgan fingerprint density at radius 2 is 1.79 bits per heavy atom. The van der Waals surface area contributed by atoms with Gasteiger partial charge in [0.25, 0.3) is 0 Å². The second-order valence-corrected chi connectivity index (χ2v) is 13.2. The van der Waals surface area contributed by atoms with Crippen LogP contribution in [0.2, 0.25) is 5.02 Å². The van der Waals surface area contributed by atoms with E-state index in [-0.39, 0.29) is 23.8 Å². The van der Waals surface area contributed by atoms with Gasteiger partial charge in [-0.05, 0) is 80.1 Å². The molecule has 0 spiro atoms. The zero-order valence-electron chi connectivity index (χ0n) is 28.0. The number of carbonyl (C=O) groups excluding carboxylic acids is 3. The van der Waals surface area contributed by atoms with Gasteiger partial charge in [0, 0.05) is 43.5 Å². The van der Waals surface area contributed by atoms with Crippen LogP contribution < -0.4 is 0 Å². The zero-order chi connectivity index (χ0) is 34.8. The summed E-state index contributed by atoms with van der Waals surface area (Å²) in [6.45, 7) is 8.69. The van der Waals surface area contributed by atoms with Crippen LogP contribution >= 0.6 is 11.6 Å². The van der Waals surface area contributed by atoms with Gasteiger partial charge in [-0.3, -0.25) is 0 Å². The van der Waals surface area contributed by atoms with Crippen molar-refractivity contribution in [3.8, 4) is 0 Å². The van der Waals surface area contributed by atoms with Crippen molar-refractivity contribution in [1.82, 2.24) is 24.8 Å². The van der Waals surface area contributed by atoms with Crippen molar-refractivity contribution in [2.75, 3.05) is 33.2 Å². The fourth-order valence-corrected chi connectivity index (χ4v) is 5.92. The van der Waals surface area contributed by atoms with Crippen LogP contribution in [0.5, 0.6) is 0 Å². The Morgan fingerprint density at radius 1 is 1.08 bits per heavy atom. The molecular formula is C36H45ClFN5O5. The molecule has 1 aliphatic rings. The SMILES string of the molecule is C/C(=C\c1cc(F)c2nnn(Cc3ccc(Cl)cc3)c2c1)[C@@H](C=O)[C@@H](C)/C=C/[C@H](OC(=O)N1CCN(C)CC1)[C@@H](C)CC[C@@H](O)CC=O. The quantitative estimate of drug-likeness (QED) is 0.158. The predicted molar refractivity (Wildman–Crippen MR) is 184 cm³/mol. The molecule has 1 fully saturated rings. The van der Waals surface area contributed by atoms with Crippen molar-refractivity contribution >= 4 is 47.4 Å². The number of nitrogens with zero attached hydrogens (tertiary/aromatic N) is 5. The summed E-state index contributed by atoms with van der Waals surface area (Å²) in [7, 11) is 2.01. The molecule has 48 heavy (non-hydrogen) atoms. The van der Waals surface area contributed by atoms with Crippen LogP contribution in [0.15, 0.2) is 54.1 Å². The number of halogens is 2. The number of carbonyl (C=O) groups is 3. The average Bonchev–Trinajstić information content (AvgIpc) is 3.46. The van der Waals surface area contributed by atoms with E-state index in [9.17, 15) is 19.5 Å². The van der Waals surface area contributed by atoms with Gasteiger partial charge in [-0.15, -0.1) is 5.10 Å². The van der Waals surface area contributed by atoms with E-state index in [0.29, 0.717) is 54.9 Å². The summed E-state index contributed by atoms with van der Waals surface area (Å²) in [5.74, 6) is -1.47. The van der Waals surface area contributed by atoms with E-state index in [1.54, 1.807) is 33.9 Å². The fourth-order valence-electron chi connectivity index (χ4n) is 5.79. The number of aldehydes is 2. The van der Waals surface area contributed by atoms with E-state index in [2.05, 4.69) is 15.2 Å². The zero-order valence-corrected chi connectivity index (χ0v) is 28.7. The normalized spacial score (nSPS) is 17.6. The molecule has 0 saturated carbocycles. The third-order valence-corrected chi connectivity index (χ3v) is 9.21. The number of ether oxygens (including phenoxy) is 1. The van der Waals surface area contributed by atoms with Crippen molar-refractivity contribution in [3.63, 3.8) is 0 Å². The first-order chi connectivity index (χ1) is 23.0. The van der Waals surface area contributed by atoms with E-state index < -0.39 is 30.0 Å². The van der Waals surface area contributed by atoms with Crippen LogP contribution in [0.25, 0.3) is 17.1 Å². The number of benzene rings is 2. The molecule has 1 aromatic heterocycles. The van der Waals surface area contributed by atoms with Gasteiger partial charge in [0.05, 0.1) is 18.2 Å². The van der Waals surface area contributed by atoms with Crippen LogP contribution in [0.4, 0.5) is 9.18 Å². The highest BCUT2D eigenvalue weighted by atomic mass is 35.5. The smallest absolute Gasteiger partial charge is 0.410 e. The highest BCUT2D eigenvalue weighted by Crippen LogP contribution is 2.27. The Kier molecular flexibility index (Phi) is 13.4. The minimum Gasteiger partial charge on any atom is -0.442 e. The van der Waals surface area contributed by atoms with Crippen molar-refractivity contribution in [3.05, 3.63) is 76.1 Å². The lowest BCUT2D eigenvalue weighted by Crippen LogP contribution is -2.48. The minimum absolute atomic E-state index is 0.0516. The number of amides is 1. The summed E-state index contributed by atoms with van der Waals surface area (Å²) < 4.78 is 22.7. The Morgan fingerprint density at radius 3 is 2.46 bits per heavy atom. The van der Waals surface area contributed by atoms with E-state index in [1.807, 2.05) is 52.1 Å². The standard InChI is InChI=1S/C36H45ClFN5O5/c1-24(6-12-34(25(2)5-11-30(46)13-18-44)48-36(47)42-16-14-41(4)15-17-42)31(23-45)26(3)19-28-20-32(38)35-33(21-28)43(40-39-35)22-27-7-9-29(37)10-8-27/h6-10,12,18-21,23-25,30-31,34,46H,5,11,13-17,22H2,1-4H3/b12-6+,26-19+/t24-,25-,30+,31-,34-/m0/s1. The first-order valence-corrected chi connectivity index (χ1v) is 16.7. The Hall–Kier alpha value is -3.93. The molecule has 4 rings (SSSR count). The maximum absolute atomic E-state index is 15.1. The molecule has 258 valence electrons. The topological polar surface area (TPSA) is 118 Å². The number of rotatable bonds is 15. The van der Waals surface area contributed by atoms with Crippen LogP contribution in [-0.4, -0.2) is 94.0 Å². The van der Waals surface area contributed by atoms with Gasteiger partial charge in [0.2, 0.25) is 0 Å². The first-order valence-electron chi connectivity index (χ1n) is 16.3. The molecule has 0 radical (unpaired) electrons. The van der Waals surface area contributed by atoms with Crippen molar-refractivity contribution in [2.24, 2.45) is 17.8 Å². The summed E-state index contributed by atoms with van der Waals surface area (Å²) >= 11 is 6.01. The highest BCUT2D eigenvalue weighted by Gasteiger charge is 2.26. The Balaban J connectivity index is 1.51. The average molecular weight is 682 g/mol. The predicted octanol–water partition coefficient (Wildman–Crippen LogP) is 5.80. The lowest BCUT2D eigenvalue weighted by atomic mass is 9.86. The maximum Gasteiger partial charge on any atom is 0.410 e. The van der Waals surface area contributed by atoms with Crippen molar-refractivity contribution in [2.45, 2.75) is 58.8 Å². The number of aromatic nitrogens is 3. The minimum atomic E-state index is -0.759. The van der Waals surface area contributed by atoms with Crippen LogP contribution in [0.3, 0.4) is 0 Å². The van der Waals surface area contributed by atoms with Gasteiger partial charge in [-0.25, -0.2) is 13.9 Å². The summed E-state index contributed by atoms with van der Waals surface area (Å²) in [6, 6.07) is 10.5. The summed E-state index contributed by atoms with van der Waals surface area (Å²) in [6.07, 6.45) is 6.22. The van der Waals surface area contributed by atoms with Crippen LogP contribution in [0.1, 0.15) is 51.2 Å². The number of fused-ring (bicyclic) bond motifs is 1. The summed E-state index contributed by atoms with van der Waals surface area (Å²) in [4.78, 5) is 40.1. The van der Waals surface area contributed by atoms with E-state index in [4.69, 9.17) is 16.3 Å². The third kappa shape index (κ3) is 10.0. The molecule has 1 saturated heterocycles. The van der Waals surface area contributed by atoms with Crippen LogP contribution in [-0.2, 0) is 20.9 Å². The van der Waals surface area contributed by atoms with Crippen molar-refractivity contribution < 1.29 is 28.6 Å². The van der Waals surface area contributed by atoms with Gasteiger partial charge in [-0.2, -0.15) is 0 Å². The van der Waals surface area contributed by atoms with Gasteiger partial charge in [0.1, 0.15) is 24.2 Å². The van der Waals surface area contributed by atoms with Crippen LogP contribution in [0, 0.1) is 23.6 Å². The summed E-state index contributed by atoms with van der Waals surface area (Å²) in [5, 5.41) is 18.9. The monoisotopic (exact) mass is 681 g/mol. The molecular weight excluding hydrogens is 637 g/mol. The van der Waals surface area contributed by atoms with Gasteiger partial charge in [0.15, 0.2) is 5.82 Å². The second kappa shape index (κ2) is 17.5. The number of aliphatic hydroxyl groups excluding tert-OH is 1. The van der Waals surface area contributed by atoms with E-state index in [0.717, 1.165) is 30.5 Å². The van der Waals surface area contributed by atoms with Gasteiger partial charge < -0.3 is 29.2 Å². The molecule has 3 aromatic rings. The number of hydrogen-bond acceptors (Lipinski definition) is 8.